The van der Waals surface area contributed by atoms with Crippen LogP contribution in [0.3, 0.4) is 0 Å². The molecule has 6 heteroatoms. The van der Waals surface area contributed by atoms with Gasteiger partial charge in [-0.25, -0.2) is 0 Å². The van der Waals surface area contributed by atoms with Crippen molar-refractivity contribution in [1.29, 1.82) is 0 Å². The number of phenolic OH excluding ortho intramolecular Hbond substituents is 1. The summed E-state index contributed by atoms with van der Waals surface area (Å²) in [5.74, 6) is -0.725. The number of halogens is 1. The molecule has 0 aliphatic heterocycles. The number of ether oxygens (including phenoxy) is 1. The standard InChI is InChI=1S/C15H20BrNO4/c1-4-21-14(20)8-13(19)17-15(2,3)9-10-5-6-12(18)11(16)7-10/h5-7,18H,4,8-9H2,1-3H3,(H,17,19). The maximum atomic E-state index is 11.8. The summed E-state index contributed by atoms with van der Waals surface area (Å²) in [4.78, 5) is 23.1. The monoisotopic (exact) mass is 357 g/mol. The Morgan fingerprint density at radius 1 is 1.38 bits per heavy atom. The predicted molar refractivity (Wildman–Crippen MR) is 83.0 cm³/mol. The lowest BCUT2D eigenvalue weighted by atomic mass is 9.94. The zero-order valence-electron chi connectivity index (χ0n) is 12.4. The van der Waals surface area contributed by atoms with Gasteiger partial charge in [-0.3, -0.25) is 9.59 Å². The minimum absolute atomic E-state index is 0.169. The molecular weight excluding hydrogens is 338 g/mol. The first-order chi connectivity index (χ1) is 9.73. The Kier molecular flexibility index (Phi) is 6.20. The number of phenols is 1. The topological polar surface area (TPSA) is 75.6 Å². The normalized spacial score (nSPS) is 11.0. The Labute approximate surface area is 132 Å². The van der Waals surface area contributed by atoms with Crippen LogP contribution in [0.15, 0.2) is 22.7 Å². The molecule has 21 heavy (non-hydrogen) atoms. The van der Waals surface area contributed by atoms with E-state index in [0.717, 1.165) is 5.56 Å². The van der Waals surface area contributed by atoms with Crippen molar-refractivity contribution in [3.63, 3.8) is 0 Å². The molecule has 1 aromatic rings. The van der Waals surface area contributed by atoms with Crippen molar-refractivity contribution < 1.29 is 19.4 Å². The highest BCUT2D eigenvalue weighted by molar-refractivity contribution is 9.10. The molecule has 1 rings (SSSR count). The van der Waals surface area contributed by atoms with E-state index < -0.39 is 11.5 Å². The van der Waals surface area contributed by atoms with Gasteiger partial charge in [0, 0.05) is 5.54 Å². The molecule has 1 amide bonds. The maximum absolute atomic E-state index is 11.8. The van der Waals surface area contributed by atoms with Crippen LogP contribution in [-0.4, -0.2) is 29.1 Å². The molecule has 2 N–H and O–H groups in total. The van der Waals surface area contributed by atoms with Crippen molar-refractivity contribution in [1.82, 2.24) is 5.32 Å². The molecule has 0 bridgehead atoms. The molecule has 0 aliphatic rings. The van der Waals surface area contributed by atoms with Crippen molar-refractivity contribution in [2.45, 2.75) is 39.2 Å². The Morgan fingerprint density at radius 2 is 2.05 bits per heavy atom. The number of hydrogen-bond donors (Lipinski definition) is 2. The van der Waals surface area contributed by atoms with Crippen LogP contribution in [0.2, 0.25) is 0 Å². The molecule has 0 unspecified atom stereocenters. The lowest BCUT2D eigenvalue weighted by Crippen LogP contribution is -2.45. The van der Waals surface area contributed by atoms with Gasteiger partial charge in [0.05, 0.1) is 11.1 Å². The zero-order valence-corrected chi connectivity index (χ0v) is 14.0. The summed E-state index contributed by atoms with van der Waals surface area (Å²) in [6.07, 6.45) is 0.289. The van der Waals surface area contributed by atoms with Crippen LogP contribution in [0.25, 0.3) is 0 Å². The third-order valence-electron chi connectivity index (χ3n) is 2.75. The summed E-state index contributed by atoms with van der Waals surface area (Å²) in [5, 5.41) is 12.3. The Morgan fingerprint density at radius 3 is 2.62 bits per heavy atom. The number of carbonyl (C=O) groups is 2. The van der Waals surface area contributed by atoms with Crippen LogP contribution in [0, 0.1) is 0 Å². The molecule has 0 radical (unpaired) electrons. The second kappa shape index (κ2) is 7.45. The van der Waals surface area contributed by atoms with Crippen LogP contribution < -0.4 is 5.32 Å². The summed E-state index contributed by atoms with van der Waals surface area (Å²) < 4.78 is 5.35. The molecule has 0 aliphatic carbocycles. The molecule has 1 aromatic carbocycles. The predicted octanol–water partition coefficient (Wildman–Crippen LogP) is 2.55. The third kappa shape index (κ3) is 6.16. The van der Waals surface area contributed by atoms with E-state index >= 15 is 0 Å². The van der Waals surface area contributed by atoms with E-state index in [-0.39, 0.29) is 24.7 Å². The number of rotatable bonds is 6. The van der Waals surface area contributed by atoms with Crippen LogP contribution in [0.1, 0.15) is 32.8 Å². The fourth-order valence-corrected chi connectivity index (χ4v) is 2.41. The number of hydrogen-bond acceptors (Lipinski definition) is 4. The van der Waals surface area contributed by atoms with Crippen molar-refractivity contribution in [3.8, 4) is 5.75 Å². The van der Waals surface area contributed by atoms with Crippen LogP contribution in [0.5, 0.6) is 5.75 Å². The third-order valence-corrected chi connectivity index (χ3v) is 3.38. The maximum Gasteiger partial charge on any atom is 0.315 e. The van der Waals surface area contributed by atoms with Crippen LogP contribution in [-0.2, 0) is 20.7 Å². The van der Waals surface area contributed by atoms with Crippen molar-refractivity contribution in [2.75, 3.05) is 6.61 Å². The highest BCUT2D eigenvalue weighted by Gasteiger charge is 2.23. The van der Waals surface area contributed by atoms with Gasteiger partial charge >= 0.3 is 5.97 Å². The molecule has 0 saturated carbocycles. The molecule has 5 nitrogen and oxygen atoms in total. The summed E-state index contributed by atoms with van der Waals surface area (Å²) >= 11 is 3.26. The zero-order chi connectivity index (χ0) is 16.0. The Bertz CT molecular complexity index is 528. The van der Waals surface area contributed by atoms with E-state index in [9.17, 15) is 14.7 Å². The lowest BCUT2D eigenvalue weighted by molar-refractivity contribution is -0.146. The number of benzene rings is 1. The van der Waals surface area contributed by atoms with Crippen molar-refractivity contribution >= 4 is 27.8 Å². The quantitative estimate of drug-likeness (QED) is 0.605. The summed E-state index contributed by atoms with van der Waals surface area (Å²) in [6, 6.07) is 5.18. The minimum atomic E-state index is -0.529. The molecule has 0 spiro atoms. The lowest BCUT2D eigenvalue weighted by Gasteiger charge is -2.26. The second-order valence-corrected chi connectivity index (χ2v) is 6.23. The van der Waals surface area contributed by atoms with Crippen molar-refractivity contribution in [2.24, 2.45) is 0 Å². The molecule has 0 fully saturated rings. The van der Waals surface area contributed by atoms with Gasteiger partial charge in [-0.15, -0.1) is 0 Å². The van der Waals surface area contributed by atoms with Crippen molar-refractivity contribution in [3.05, 3.63) is 28.2 Å². The van der Waals surface area contributed by atoms with Gasteiger partial charge < -0.3 is 15.2 Å². The molecule has 0 heterocycles. The minimum Gasteiger partial charge on any atom is -0.507 e. The van der Waals surface area contributed by atoms with Gasteiger partial charge in [-0.05, 0) is 60.8 Å². The van der Waals surface area contributed by atoms with E-state index in [1.54, 1.807) is 25.1 Å². The number of nitrogens with one attached hydrogen (secondary N) is 1. The van der Waals surface area contributed by atoms with E-state index in [4.69, 9.17) is 4.74 Å². The van der Waals surface area contributed by atoms with Gasteiger partial charge in [-0.1, -0.05) is 6.07 Å². The Hall–Kier alpha value is -1.56. The largest absolute Gasteiger partial charge is 0.507 e. The SMILES string of the molecule is CCOC(=O)CC(=O)NC(C)(C)Cc1ccc(O)c(Br)c1. The van der Waals surface area contributed by atoms with Crippen LogP contribution >= 0.6 is 15.9 Å². The molecule has 0 aromatic heterocycles. The molecule has 0 saturated heterocycles. The smallest absolute Gasteiger partial charge is 0.315 e. The highest BCUT2D eigenvalue weighted by Crippen LogP contribution is 2.26. The Balaban J connectivity index is 2.62. The van der Waals surface area contributed by atoms with Gasteiger partial charge in [0.15, 0.2) is 0 Å². The number of amides is 1. The summed E-state index contributed by atoms with van der Waals surface area (Å²) in [6.45, 7) is 5.70. The first-order valence-electron chi connectivity index (χ1n) is 6.67. The fraction of sp³-hybridized carbons (Fsp3) is 0.467. The van der Waals surface area contributed by atoms with E-state index in [1.807, 2.05) is 13.8 Å². The van der Waals surface area contributed by atoms with Gasteiger partial charge in [0.25, 0.3) is 0 Å². The van der Waals surface area contributed by atoms with Crippen LogP contribution in [0.4, 0.5) is 0 Å². The second-order valence-electron chi connectivity index (χ2n) is 5.38. The average Bonchev–Trinajstić information content (AvgIpc) is 2.32. The number of aromatic hydroxyl groups is 1. The number of carbonyl (C=O) groups excluding carboxylic acids is 2. The van der Waals surface area contributed by atoms with E-state index in [1.165, 1.54) is 0 Å². The van der Waals surface area contributed by atoms with Gasteiger partial charge in [0.2, 0.25) is 5.91 Å². The first-order valence-corrected chi connectivity index (χ1v) is 7.47. The summed E-state index contributed by atoms with van der Waals surface area (Å²) in [5.41, 5.74) is 0.445. The molecule has 116 valence electrons. The molecular formula is C15H20BrNO4. The highest BCUT2D eigenvalue weighted by atomic mass is 79.9. The number of esters is 1. The van der Waals surface area contributed by atoms with Gasteiger partial charge in [-0.2, -0.15) is 0 Å². The van der Waals surface area contributed by atoms with E-state index in [2.05, 4.69) is 21.2 Å². The summed E-state index contributed by atoms with van der Waals surface area (Å²) in [7, 11) is 0. The first kappa shape index (κ1) is 17.5. The average molecular weight is 358 g/mol. The molecule has 0 atom stereocenters. The van der Waals surface area contributed by atoms with E-state index in [0.29, 0.717) is 10.9 Å². The fourth-order valence-electron chi connectivity index (χ4n) is 1.98. The van der Waals surface area contributed by atoms with Gasteiger partial charge in [0.1, 0.15) is 12.2 Å².